The van der Waals surface area contributed by atoms with E-state index in [-0.39, 0.29) is 24.4 Å². The lowest BCUT2D eigenvalue weighted by Gasteiger charge is -2.12. The fourth-order valence-electron chi connectivity index (χ4n) is 2.96. The topological polar surface area (TPSA) is 65.7 Å². The second kappa shape index (κ2) is 8.08. The molecule has 0 spiro atoms. The van der Waals surface area contributed by atoms with Gasteiger partial charge in [0.25, 0.3) is 0 Å². The molecular weight excluding hydrogens is 344 g/mol. The number of fused-ring (bicyclic) bond motifs is 1. The zero-order valence-electron chi connectivity index (χ0n) is 15.7. The molecule has 3 rings (SSSR count). The van der Waals surface area contributed by atoms with Crippen molar-refractivity contribution in [2.45, 2.75) is 26.7 Å². The van der Waals surface area contributed by atoms with Crippen LogP contribution in [-0.2, 0) is 4.74 Å². The summed E-state index contributed by atoms with van der Waals surface area (Å²) in [5.74, 6) is 0.380. The van der Waals surface area contributed by atoms with Crippen molar-refractivity contribution in [1.29, 1.82) is 0 Å². The van der Waals surface area contributed by atoms with Crippen molar-refractivity contribution in [2.75, 3.05) is 13.2 Å². The molecule has 27 heavy (non-hydrogen) atoms. The maximum absolute atomic E-state index is 12.1. The van der Waals surface area contributed by atoms with Crippen molar-refractivity contribution in [3.05, 3.63) is 75.6 Å². The number of benzene rings is 2. The molecule has 0 N–H and O–H groups in total. The number of carbonyl (C=O) groups excluding carboxylic acids is 1. The van der Waals surface area contributed by atoms with Crippen LogP contribution in [0, 0.1) is 6.92 Å². The molecule has 3 aromatic rings. The normalized spacial score (nSPS) is 11.0. The third-order valence-electron chi connectivity index (χ3n) is 4.28. The molecule has 2 aromatic carbocycles. The van der Waals surface area contributed by atoms with Crippen LogP contribution >= 0.6 is 0 Å². The van der Waals surface area contributed by atoms with Gasteiger partial charge in [0.15, 0.2) is 5.43 Å². The molecule has 0 aliphatic heterocycles. The Labute approximate surface area is 157 Å². The van der Waals surface area contributed by atoms with Crippen LogP contribution in [0.1, 0.15) is 41.4 Å². The summed E-state index contributed by atoms with van der Waals surface area (Å²) in [6.45, 7) is 6.61. The summed E-state index contributed by atoms with van der Waals surface area (Å²) in [5, 5.41) is 0.428. The molecule has 0 saturated heterocycles. The largest absolute Gasteiger partial charge is 0.490 e. The van der Waals surface area contributed by atoms with Crippen LogP contribution in [0.2, 0.25) is 0 Å². The minimum absolute atomic E-state index is 0.0559. The highest BCUT2D eigenvalue weighted by molar-refractivity contribution is 5.88. The van der Waals surface area contributed by atoms with Crippen molar-refractivity contribution in [3.63, 3.8) is 0 Å². The van der Waals surface area contributed by atoms with Crippen molar-refractivity contribution in [2.24, 2.45) is 0 Å². The van der Waals surface area contributed by atoms with Gasteiger partial charge in [0.2, 0.25) is 5.76 Å². The van der Waals surface area contributed by atoms with Gasteiger partial charge in [-0.05, 0) is 48.2 Å². The highest BCUT2D eigenvalue weighted by atomic mass is 16.6. The Morgan fingerprint density at radius 3 is 2.59 bits per heavy atom. The lowest BCUT2D eigenvalue weighted by molar-refractivity contribution is 0.0415. The fraction of sp³-hybridized carbons (Fsp3) is 0.273. The molecule has 0 saturated carbocycles. The number of rotatable bonds is 6. The number of carbonyl (C=O) groups is 1. The first-order chi connectivity index (χ1) is 13.0. The molecule has 0 radical (unpaired) electrons. The Hall–Kier alpha value is -3.08. The van der Waals surface area contributed by atoms with Crippen LogP contribution in [0.3, 0.4) is 0 Å². The first-order valence-electron chi connectivity index (χ1n) is 8.89. The maximum atomic E-state index is 12.1. The Kier molecular flexibility index (Phi) is 5.60. The minimum Gasteiger partial charge on any atom is -0.490 e. The molecule has 0 atom stereocenters. The fourth-order valence-corrected chi connectivity index (χ4v) is 2.96. The molecule has 140 valence electrons. The van der Waals surface area contributed by atoms with Gasteiger partial charge in [-0.2, -0.15) is 0 Å². The van der Waals surface area contributed by atoms with Crippen LogP contribution in [0.25, 0.3) is 11.0 Å². The van der Waals surface area contributed by atoms with Crippen LogP contribution < -0.4 is 10.2 Å². The lowest BCUT2D eigenvalue weighted by Crippen LogP contribution is -2.14. The molecule has 0 amide bonds. The maximum Gasteiger partial charge on any atom is 0.374 e. The first-order valence-corrected chi connectivity index (χ1v) is 8.89. The number of hydrogen-bond donors (Lipinski definition) is 0. The molecule has 0 unspecified atom stereocenters. The van der Waals surface area contributed by atoms with Crippen molar-refractivity contribution in [3.8, 4) is 5.75 Å². The first kappa shape index (κ1) is 18.7. The molecule has 1 aromatic heterocycles. The third kappa shape index (κ3) is 4.37. The van der Waals surface area contributed by atoms with Gasteiger partial charge in [0.05, 0.1) is 5.39 Å². The van der Waals surface area contributed by atoms with E-state index in [1.54, 1.807) is 24.3 Å². The van der Waals surface area contributed by atoms with Crippen molar-refractivity contribution < 1.29 is 18.7 Å². The Morgan fingerprint density at radius 2 is 1.85 bits per heavy atom. The number of esters is 1. The van der Waals surface area contributed by atoms with Gasteiger partial charge >= 0.3 is 5.97 Å². The van der Waals surface area contributed by atoms with Gasteiger partial charge < -0.3 is 13.9 Å². The van der Waals surface area contributed by atoms with Gasteiger partial charge in [0.1, 0.15) is 24.5 Å². The van der Waals surface area contributed by atoms with Crippen molar-refractivity contribution in [1.82, 2.24) is 0 Å². The second-order valence-corrected chi connectivity index (χ2v) is 6.63. The average molecular weight is 366 g/mol. The quantitative estimate of drug-likeness (QED) is 0.476. The summed E-state index contributed by atoms with van der Waals surface area (Å²) in [6, 6.07) is 13.8. The van der Waals surface area contributed by atoms with E-state index in [2.05, 4.69) is 13.8 Å². The molecule has 5 heteroatoms. The number of hydrogen-bond acceptors (Lipinski definition) is 5. The van der Waals surface area contributed by atoms with Crippen LogP contribution in [0.15, 0.2) is 57.7 Å². The second-order valence-electron chi connectivity index (χ2n) is 6.63. The third-order valence-corrected chi connectivity index (χ3v) is 4.28. The number of para-hydroxylation sites is 1. The van der Waals surface area contributed by atoms with E-state index in [1.807, 2.05) is 25.1 Å². The Bertz CT molecular complexity index is 1020. The zero-order chi connectivity index (χ0) is 19.4. The van der Waals surface area contributed by atoms with Crippen molar-refractivity contribution >= 4 is 16.9 Å². The zero-order valence-corrected chi connectivity index (χ0v) is 15.7. The van der Waals surface area contributed by atoms with Crippen LogP contribution in [0.5, 0.6) is 5.75 Å². The van der Waals surface area contributed by atoms with E-state index in [1.165, 1.54) is 5.56 Å². The van der Waals surface area contributed by atoms with E-state index >= 15 is 0 Å². The summed E-state index contributed by atoms with van der Waals surface area (Å²) in [6.07, 6.45) is 0. The monoisotopic (exact) mass is 366 g/mol. The van der Waals surface area contributed by atoms with Crippen LogP contribution in [0.4, 0.5) is 0 Å². The molecule has 0 aliphatic rings. The smallest absolute Gasteiger partial charge is 0.374 e. The number of aryl methyl sites for hydroxylation is 1. The highest BCUT2D eigenvalue weighted by Gasteiger charge is 2.13. The SMILES string of the molecule is Cc1cc(OCCOC(=O)c2cc(=O)c3ccccc3o2)ccc1C(C)C. The molecule has 1 heterocycles. The standard InChI is InChI=1S/C22H22O5/c1-14(2)17-9-8-16(12-15(17)3)25-10-11-26-22(24)21-13-19(23)18-6-4-5-7-20(18)27-21/h4-9,12-14H,10-11H2,1-3H3. The Morgan fingerprint density at radius 1 is 1.07 bits per heavy atom. The van der Waals surface area contributed by atoms with Gasteiger partial charge in [-0.15, -0.1) is 0 Å². The molecule has 0 aliphatic carbocycles. The molecule has 0 fully saturated rings. The summed E-state index contributed by atoms with van der Waals surface area (Å²) in [7, 11) is 0. The predicted molar refractivity (Wildman–Crippen MR) is 104 cm³/mol. The van der Waals surface area contributed by atoms with Crippen LogP contribution in [-0.4, -0.2) is 19.2 Å². The van der Waals surface area contributed by atoms with Gasteiger partial charge in [-0.3, -0.25) is 4.79 Å². The summed E-state index contributed by atoms with van der Waals surface area (Å²) in [4.78, 5) is 24.1. The highest BCUT2D eigenvalue weighted by Crippen LogP contribution is 2.23. The van der Waals surface area contributed by atoms with Gasteiger partial charge in [0, 0.05) is 6.07 Å². The molecule has 5 nitrogen and oxygen atoms in total. The summed E-state index contributed by atoms with van der Waals surface area (Å²) < 4.78 is 16.2. The van der Waals surface area contributed by atoms with Gasteiger partial charge in [-0.1, -0.05) is 32.0 Å². The van der Waals surface area contributed by atoms with Gasteiger partial charge in [-0.25, -0.2) is 4.79 Å². The van der Waals surface area contributed by atoms with E-state index in [4.69, 9.17) is 13.9 Å². The Balaban J connectivity index is 1.57. The molecular formula is C22H22O5. The van der Waals surface area contributed by atoms with E-state index in [0.29, 0.717) is 16.9 Å². The lowest BCUT2D eigenvalue weighted by atomic mass is 9.98. The average Bonchev–Trinajstić information content (AvgIpc) is 2.64. The minimum atomic E-state index is -0.687. The summed E-state index contributed by atoms with van der Waals surface area (Å²) >= 11 is 0. The van der Waals surface area contributed by atoms with E-state index in [0.717, 1.165) is 17.4 Å². The van der Waals surface area contributed by atoms with E-state index in [9.17, 15) is 9.59 Å². The predicted octanol–water partition coefficient (Wildman–Crippen LogP) is 4.46. The summed E-state index contributed by atoms with van der Waals surface area (Å²) in [5.41, 5.74) is 2.52. The van der Waals surface area contributed by atoms with E-state index < -0.39 is 5.97 Å². The number of ether oxygens (including phenoxy) is 2. The molecule has 0 bridgehead atoms.